The molecule has 0 bridgehead atoms. The van der Waals surface area contributed by atoms with Gasteiger partial charge >= 0.3 is 0 Å². The number of aliphatic hydroxyl groups is 1. The summed E-state index contributed by atoms with van der Waals surface area (Å²) in [5.41, 5.74) is 1.17. The van der Waals surface area contributed by atoms with E-state index in [1.54, 1.807) is 0 Å². The van der Waals surface area contributed by atoms with Crippen molar-refractivity contribution in [2.45, 2.75) is 32.4 Å². The molecule has 1 aromatic rings. The molecule has 0 radical (unpaired) electrons. The van der Waals surface area contributed by atoms with Crippen LogP contribution in [0.25, 0.3) is 0 Å². The quantitative estimate of drug-likeness (QED) is 0.632. The van der Waals surface area contributed by atoms with Gasteiger partial charge in [0.15, 0.2) is 0 Å². The van der Waals surface area contributed by atoms with E-state index in [0.29, 0.717) is 13.2 Å². The summed E-state index contributed by atoms with van der Waals surface area (Å²) in [4.78, 5) is 0. The van der Waals surface area contributed by atoms with Crippen LogP contribution >= 0.6 is 0 Å². The van der Waals surface area contributed by atoms with E-state index in [1.165, 1.54) is 18.4 Å². The van der Waals surface area contributed by atoms with Crippen LogP contribution in [0.2, 0.25) is 0 Å². The number of hydrogen-bond acceptors (Lipinski definition) is 4. The Kier molecular flexibility index (Phi) is 5.16. The molecule has 1 saturated carbocycles. The molecule has 102 valence electrons. The van der Waals surface area contributed by atoms with Crippen LogP contribution in [0.4, 0.5) is 0 Å². The fraction of sp³-hybridized carbons (Fsp3) is 0.769. The Morgan fingerprint density at radius 1 is 1.61 bits per heavy atom. The average Bonchev–Trinajstić information content (AvgIpc) is 3.07. The van der Waals surface area contributed by atoms with Crippen LogP contribution in [0.5, 0.6) is 0 Å². The molecule has 1 aromatic heterocycles. The zero-order valence-electron chi connectivity index (χ0n) is 11.0. The maximum Gasteiger partial charge on any atom is 0.0897 e. The minimum absolute atomic E-state index is 0.414. The largest absolute Gasteiger partial charge is 0.389 e. The van der Waals surface area contributed by atoms with Gasteiger partial charge < -0.3 is 15.2 Å². The first kappa shape index (κ1) is 13.5. The summed E-state index contributed by atoms with van der Waals surface area (Å²) < 4.78 is 7.33. The van der Waals surface area contributed by atoms with Crippen molar-refractivity contribution < 1.29 is 9.84 Å². The molecule has 1 aliphatic carbocycles. The smallest absolute Gasteiger partial charge is 0.0897 e. The van der Waals surface area contributed by atoms with Crippen molar-refractivity contribution in [3.8, 4) is 0 Å². The minimum atomic E-state index is -0.414. The molecule has 18 heavy (non-hydrogen) atoms. The predicted molar refractivity (Wildman–Crippen MR) is 69.4 cm³/mol. The van der Waals surface area contributed by atoms with Crippen LogP contribution in [-0.4, -0.2) is 47.3 Å². The van der Waals surface area contributed by atoms with Crippen LogP contribution in [-0.2, 0) is 11.3 Å². The van der Waals surface area contributed by atoms with E-state index in [2.05, 4.69) is 10.4 Å². The lowest BCUT2D eigenvalue weighted by Gasteiger charge is -2.12. The number of rotatable bonds is 9. The van der Waals surface area contributed by atoms with Gasteiger partial charge in [-0.3, -0.25) is 4.68 Å². The SMILES string of the molecule is Cc1cnn(CCNCC(O)COCC2CC2)c1. The molecule has 0 spiro atoms. The van der Waals surface area contributed by atoms with Crippen molar-refractivity contribution in [2.24, 2.45) is 5.92 Å². The number of hydrogen-bond donors (Lipinski definition) is 2. The van der Waals surface area contributed by atoms with Crippen molar-refractivity contribution in [2.75, 3.05) is 26.3 Å². The maximum absolute atomic E-state index is 9.67. The Morgan fingerprint density at radius 3 is 3.11 bits per heavy atom. The van der Waals surface area contributed by atoms with Crippen molar-refractivity contribution in [3.05, 3.63) is 18.0 Å². The van der Waals surface area contributed by atoms with Crippen LogP contribution in [0.3, 0.4) is 0 Å². The van der Waals surface area contributed by atoms with Crippen LogP contribution in [0.1, 0.15) is 18.4 Å². The topological polar surface area (TPSA) is 59.3 Å². The Hall–Kier alpha value is -0.910. The predicted octanol–water partition coefficient (Wildman–Crippen LogP) is 0.569. The van der Waals surface area contributed by atoms with E-state index in [0.717, 1.165) is 25.6 Å². The monoisotopic (exact) mass is 253 g/mol. The average molecular weight is 253 g/mol. The molecule has 2 rings (SSSR count). The lowest BCUT2D eigenvalue weighted by Crippen LogP contribution is -2.32. The molecule has 5 nitrogen and oxygen atoms in total. The van der Waals surface area contributed by atoms with Gasteiger partial charge in [0, 0.05) is 25.9 Å². The Morgan fingerprint density at radius 2 is 2.44 bits per heavy atom. The van der Waals surface area contributed by atoms with Crippen LogP contribution in [0, 0.1) is 12.8 Å². The second kappa shape index (κ2) is 6.87. The van der Waals surface area contributed by atoms with Gasteiger partial charge in [-0.15, -0.1) is 0 Å². The zero-order valence-corrected chi connectivity index (χ0v) is 11.0. The summed E-state index contributed by atoms with van der Waals surface area (Å²) in [6, 6.07) is 0. The van der Waals surface area contributed by atoms with Crippen LogP contribution in [0.15, 0.2) is 12.4 Å². The van der Waals surface area contributed by atoms with E-state index < -0.39 is 6.10 Å². The van der Waals surface area contributed by atoms with E-state index >= 15 is 0 Å². The minimum Gasteiger partial charge on any atom is -0.389 e. The first-order valence-corrected chi connectivity index (χ1v) is 6.69. The first-order chi connectivity index (χ1) is 8.74. The van der Waals surface area contributed by atoms with E-state index in [-0.39, 0.29) is 0 Å². The van der Waals surface area contributed by atoms with E-state index in [9.17, 15) is 5.11 Å². The fourth-order valence-corrected chi connectivity index (χ4v) is 1.77. The van der Waals surface area contributed by atoms with Gasteiger partial charge in [0.05, 0.1) is 25.5 Å². The van der Waals surface area contributed by atoms with Crippen molar-refractivity contribution in [1.29, 1.82) is 0 Å². The molecule has 1 aliphatic rings. The van der Waals surface area contributed by atoms with Gasteiger partial charge in [-0.1, -0.05) is 0 Å². The second-order valence-corrected chi connectivity index (χ2v) is 5.12. The fourth-order valence-electron chi connectivity index (χ4n) is 1.77. The summed E-state index contributed by atoms with van der Waals surface area (Å²) in [6.45, 7) is 5.47. The van der Waals surface area contributed by atoms with Gasteiger partial charge in [-0.25, -0.2) is 0 Å². The summed E-state index contributed by atoms with van der Waals surface area (Å²) in [5, 5.41) is 17.1. The molecule has 0 aliphatic heterocycles. The lowest BCUT2D eigenvalue weighted by molar-refractivity contribution is 0.0325. The number of aryl methyl sites for hydroxylation is 1. The number of nitrogens with zero attached hydrogens (tertiary/aromatic N) is 2. The summed E-state index contributed by atoms with van der Waals surface area (Å²) in [5.74, 6) is 0.758. The first-order valence-electron chi connectivity index (χ1n) is 6.69. The number of nitrogens with one attached hydrogen (secondary N) is 1. The Labute approximate surface area is 108 Å². The number of ether oxygens (including phenoxy) is 1. The van der Waals surface area contributed by atoms with Crippen molar-refractivity contribution in [1.82, 2.24) is 15.1 Å². The molecule has 2 N–H and O–H groups in total. The van der Waals surface area contributed by atoms with Gasteiger partial charge in [0.25, 0.3) is 0 Å². The van der Waals surface area contributed by atoms with Gasteiger partial charge in [0.2, 0.25) is 0 Å². The van der Waals surface area contributed by atoms with Gasteiger partial charge in [0.1, 0.15) is 0 Å². The molecule has 5 heteroatoms. The summed E-state index contributed by atoms with van der Waals surface area (Å²) in [6.07, 6.45) is 6.02. The van der Waals surface area contributed by atoms with Gasteiger partial charge in [-0.2, -0.15) is 5.10 Å². The lowest BCUT2D eigenvalue weighted by atomic mass is 10.3. The van der Waals surface area contributed by atoms with Crippen molar-refractivity contribution in [3.63, 3.8) is 0 Å². The Bertz CT molecular complexity index is 350. The number of aromatic nitrogens is 2. The van der Waals surface area contributed by atoms with E-state index in [1.807, 2.05) is 24.0 Å². The third-order valence-corrected chi connectivity index (χ3v) is 3.02. The molecule has 0 saturated heterocycles. The normalized spacial score (nSPS) is 17.0. The highest BCUT2D eigenvalue weighted by atomic mass is 16.5. The van der Waals surface area contributed by atoms with Crippen LogP contribution < -0.4 is 5.32 Å². The molecule has 1 heterocycles. The molecule has 1 atom stereocenters. The number of aliphatic hydroxyl groups excluding tert-OH is 1. The summed E-state index contributed by atoms with van der Waals surface area (Å²) in [7, 11) is 0. The Balaban J connectivity index is 1.46. The third-order valence-electron chi connectivity index (χ3n) is 3.02. The molecule has 1 fully saturated rings. The second-order valence-electron chi connectivity index (χ2n) is 5.12. The highest BCUT2D eigenvalue weighted by molar-refractivity contribution is 4.99. The molecule has 0 aromatic carbocycles. The highest BCUT2D eigenvalue weighted by Gasteiger charge is 2.21. The highest BCUT2D eigenvalue weighted by Crippen LogP contribution is 2.28. The molecule has 0 amide bonds. The maximum atomic E-state index is 9.67. The molecular formula is C13H23N3O2. The van der Waals surface area contributed by atoms with E-state index in [4.69, 9.17) is 4.74 Å². The summed E-state index contributed by atoms with van der Waals surface area (Å²) >= 11 is 0. The van der Waals surface area contributed by atoms with Crippen molar-refractivity contribution >= 4 is 0 Å². The van der Waals surface area contributed by atoms with Gasteiger partial charge in [-0.05, 0) is 31.2 Å². The third kappa shape index (κ3) is 5.16. The molecule has 1 unspecified atom stereocenters. The standard InChI is InChI=1S/C13H23N3O2/c1-11-6-15-16(8-11)5-4-14-7-13(17)10-18-9-12-2-3-12/h6,8,12-14,17H,2-5,7,9-10H2,1H3. The zero-order chi connectivity index (χ0) is 12.8. The molecular weight excluding hydrogens is 230 g/mol.